The van der Waals surface area contributed by atoms with Gasteiger partial charge >= 0.3 is 0 Å². The van der Waals surface area contributed by atoms with Gasteiger partial charge in [0.2, 0.25) is 24.2 Å². The molecule has 9 heteroatoms. The van der Waals surface area contributed by atoms with Crippen molar-refractivity contribution in [1.82, 2.24) is 9.55 Å². The summed E-state index contributed by atoms with van der Waals surface area (Å²) < 4.78 is 37.6. The first-order valence-corrected chi connectivity index (χ1v) is 9.28. The van der Waals surface area contributed by atoms with Gasteiger partial charge in [-0.3, -0.25) is 4.79 Å². The van der Waals surface area contributed by atoms with Crippen LogP contribution in [0.5, 0.6) is 23.0 Å². The number of nitrogens with zero attached hydrogens (tertiary/aromatic N) is 2. The molecule has 2 aromatic carbocycles. The molecule has 0 saturated heterocycles. The molecular weight excluding hydrogens is 393 g/mol. The van der Waals surface area contributed by atoms with Crippen LogP contribution in [0.3, 0.4) is 0 Å². The molecule has 8 nitrogen and oxygen atoms in total. The molecule has 1 aromatic heterocycles. The van der Waals surface area contributed by atoms with Gasteiger partial charge < -0.3 is 28.8 Å². The average Bonchev–Trinajstić information content (AvgIpc) is 3.40. The van der Waals surface area contributed by atoms with Gasteiger partial charge in [0, 0.05) is 23.6 Å². The van der Waals surface area contributed by atoms with Crippen molar-refractivity contribution in [3.63, 3.8) is 0 Å². The fourth-order valence-corrected chi connectivity index (χ4v) is 3.97. The number of rotatable bonds is 4. The normalized spacial score (nSPS) is 16.8. The van der Waals surface area contributed by atoms with Crippen LogP contribution in [0.25, 0.3) is 5.69 Å². The van der Waals surface area contributed by atoms with E-state index in [4.69, 9.17) is 18.9 Å². The Hall–Kier alpha value is -3.75. The number of imidazole rings is 1. The number of halogens is 1. The van der Waals surface area contributed by atoms with Crippen molar-refractivity contribution in [2.75, 3.05) is 26.3 Å². The molecule has 154 valence electrons. The number of hydrogen-bond acceptors (Lipinski definition) is 6. The fraction of sp³-hybridized carbons (Fsp3) is 0.238. The quantitative estimate of drug-likeness (QED) is 0.710. The van der Waals surface area contributed by atoms with E-state index < -0.39 is 5.92 Å². The molecule has 0 fully saturated rings. The number of carbonyl (C=O) groups is 1. The van der Waals surface area contributed by atoms with E-state index in [1.807, 2.05) is 4.57 Å². The van der Waals surface area contributed by atoms with Crippen molar-refractivity contribution in [3.8, 4) is 28.7 Å². The van der Waals surface area contributed by atoms with Crippen molar-refractivity contribution in [3.05, 3.63) is 53.7 Å². The Balaban J connectivity index is 1.72. The molecule has 0 spiro atoms. The first kappa shape index (κ1) is 18.3. The summed E-state index contributed by atoms with van der Waals surface area (Å²) in [5, 5.41) is 2.81. The molecule has 0 radical (unpaired) electrons. The van der Waals surface area contributed by atoms with E-state index in [0.29, 0.717) is 34.4 Å². The third kappa shape index (κ3) is 2.73. The van der Waals surface area contributed by atoms with E-state index in [2.05, 4.69) is 10.3 Å². The van der Waals surface area contributed by atoms with E-state index in [-0.39, 0.29) is 24.9 Å². The highest BCUT2D eigenvalue weighted by molar-refractivity contribution is 5.94. The number of benzene rings is 2. The standard InChI is InChI=1S/C21H18FN3O5/c1-27-15-7-14(18(28-2)20-19(15)29-10-30-20)13-8-16(26)24-21-17(13)25(9-23-21)12-5-3-11(22)4-6-12/h3-7,9,13H,8,10H2,1-2H3,(H,24,26)/t13-/m0/s1. The van der Waals surface area contributed by atoms with Crippen molar-refractivity contribution in [2.24, 2.45) is 0 Å². The van der Waals surface area contributed by atoms with Crippen molar-refractivity contribution >= 4 is 11.7 Å². The summed E-state index contributed by atoms with van der Waals surface area (Å²) in [5.74, 6) is 1.39. The highest BCUT2D eigenvalue weighted by Gasteiger charge is 2.37. The van der Waals surface area contributed by atoms with Crippen molar-refractivity contribution in [2.45, 2.75) is 12.3 Å². The number of fused-ring (bicyclic) bond motifs is 2. The molecule has 3 aromatic rings. The first-order chi connectivity index (χ1) is 14.6. The topological polar surface area (TPSA) is 83.8 Å². The van der Waals surface area contributed by atoms with E-state index in [1.165, 1.54) is 26.4 Å². The molecule has 2 aliphatic heterocycles. The lowest BCUT2D eigenvalue weighted by Gasteiger charge is -2.26. The average molecular weight is 411 g/mol. The van der Waals surface area contributed by atoms with Gasteiger partial charge in [0.1, 0.15) is 12.1 Å². The van der Waals surface area contributed by atoms with Gasteiger partial charge in [-0.15, -0.1) is 0 Å². The maximum Gasteiger partial charge on any atom is 0.231 e. The molecule has 2 aliphatic rings. The maximum absolute atomic E-state index is 13.4. The van der Waals surface area contributed by atoms with Crippen LogP contribution in [0.1, 0.15) is 23.6 Å². The van der Waals surface area contributed by atoms with Crippen LogP contribution in [0.15, 0.2) is 36.7 Å². The van der Waals surface area contributed by atoms with Crippen molar-refractivity contribution < 1.29 is 28.1 Å². The molecule has 0 aliphatic carbocycles. The minimum Gasteiger partial charge on any atom is -0.493 e. The number of methoxy groups -OCH3 is 2. The van der Waals surface area contributed by atoms with Gasteiger partial charge in [-0.2, -0.15) is 0 Å². The third-order valence-electron chi connectivity index (χ3n) is 5.28. The minimum atomic E-state index is -0.403. The molecule has 0 bridgehead atoms. The minimum absolute atomic E-state index is 0.0510. The Kier molecular flexibility index (Phi) is 4.23. The van der Waals surface area contributed by atoms with E-state index >= 15 is 0 Å². The molecule has 30 heavy (non-hydrogen) atoms. The zero-order chi connectivity index (χ0) is 20.8. The SMILES string of the molecule is COc1cc([C@@H]2CC(=O)Nc3ncn(-c4ccc(F)cc4)c32)c(OC)c2c1OCO2. The number of aromatic nitrogens is 2. The third-order valence-corrected chi connectivity index (χ3v) is 5.28. The number of amides is 1. The predicted octanol–water partition coefficient (Wildman–Crippen LogP) is 3.23. The molecule has 0 unspecified atom stereocenters. The highest BCUT2D eigenvalue weighted by atomic mass is 19.1. The zero-order valence-electron chi connectivity index (χ0n) is 16.3. The number of nitrogens with one attached hydrogen (secondary N) is 1. The molecular formula is C21H18FN3O5. The van der Waals surface area contributed by atoms with E-state index in [1.54, 1.807) is 24.5 Å². The Bertz CT molecular complexity index is 1140. The smallest absolute Gasteiger partial charge is 0.231 e. The second-order valence-corrected chi connectivity index (χ2v) is 6.90. The zero-order valence-corrected chi connectivity index (χ0v) is 16.3. The van der Waals surface area contributed by atoms with Crippen LogP contribution in [-0.4, -0.2) is 36.5 Å². The molecule has 0 saturated carbocycles. The Morgan fingerprint density at radius 1 is 1.17 bits per heavy atom. The number of ether oxygens (including phenoxy) is 4. The lowest BCUT2D eigenvalue weighted by Crippen LogP contribution is -2.25. The van der Waals surface area contributed by atoms with Gasteiger partial charge in [-0.1, -0.05) is 0 Å². The van der Waals surface area contributed by atoms with E-state index in [0.717, 1.165) is 11.4 Å². The summed E-state index contributed by atoms with van der Waals surface area (Å²) in [6.45, 7) is 0.0510. The molecule has 5 rings (SSSR count). The Labute approximate surface area is 171 Å². The summed E-state index contributed by atoms with van der Waals surface area (Å²) >= 11 is 0. The van der Waals surface area contributed by atoms with Crippen LogP contribution in [0.4, 0.5) is 10.2 Å². The summed E-state index contributed by atoms with van der Waals surface area (Å²) in [7, 11) is 3.07. The van der Waals surface area contributed by atoms with Crippen LogP contribution in [0.2, 0.25) is 0 Å². The Morgan fingerprint density at radius 3 is 2.67 bits per heavy atom. The number of hydrogen-bond donors (Lipinski definition) is 1. The van der Waals surface area contributed by atoms with Gasteiger partial charge in [-0.25, -0.2) is 9.37 Å². The highest BCUT2D eigenvalue weighted by Crippen LogP contribution is 2.53. The maximum atomic E-state index is 13.4. The lowest BCUT2D eigenvalue weighted by molar-refractivity contribution is -0.116. The molecule has 1 N–H and O–H groups in total. The fourth-order valence-electron chi connectivity index (χ4n) is 3.97. The van der Waals surface area contributed by atoms with Crippen LogP contribution in [0, 0.1) is 5.82 Å². The molecule has 1 amide bonds. The summed E-state index contributed by atoms with van der Waals surface area (Å²) in [5.41, 5.74) is 2.18. The van der Waals surface area contributed by atoms with Gasteiger partial charge in [-0.05, 0) is 30.3 Å². The lowest BCUT2D eigenvalue weighted by atomic mass is 9.88. The van der Waals surface area contributed by atoms with Crippen LogP contribution in [-0.2, 0) is 4.79 Å². The second kappa shape index (κ2) is 6.94. The van der Waals surface area contributed by atoms with Gasteiger partial charge in [0.15, 0.2) is 17.3 Å². The monoisotopic (exact) mass is 411 g/mol. The van der Waals surface area contributed by atoms with Crippen LogP contribution >= 0.6 is 0 Å². The van der Waals surface area contributed by atoms with Gasteiger partial charge in [0.25, 0.3) is 0 Å². The van der Waals surface area contributed by atoms with Crippen molar-refractivity contribution in [1.29, 1.82) is 0 Å². The number of anilines is 1. The summed E-state index contributed by atoms with van der Waals surface area (Å²) in [4.78, 5) is 16.8. The Morgan fingerprint density at radius 2 is 1.93 bits per heavy atom. The number of carbonyl (C=O) groups excluding carboxylic acids is 1. The first-order valence-electron chi connectivity index (χ1n) is 9.28. The largest absolute Gasteiger partial charge is 0.493 e. The predicted molar refractivity (Wildman–Crippen MR) is 104 cm³/mol. The summed E-state index contributed by atoms with van der Waals surface area (Å²) in [6.07, 6.45) is 1.77. The molecule has 3 heterocycles. The molecule has 1 atom stereocenters. The second-order valence-electron chi connectivity index (χ2n) is 6.90. The summed E-state index contributed by atoms with van der Waals surface area (Å²) in [6, 6.07) is 7.86. The van der Waals surface area contributed by atoms with Gasteiger partial charge in [0.05, 0.1) is 19.9 Å². The van der Waals surface area contributed by atoms with Crippen LogP contribution < -0.4 is 24.3 Å². The van der Waals surface area contributed by atoms with E-state index in [9.17, 15) is 9.18 Å².